The van der Waals surface area contributed by atoms with Gasteiger partial charge in [0.25, 0.3) is 0 Å². The van der Waals surface area contributed by atoms with Crippen LogP contribution in [0.2, 0.25) is 0 Å². The Morgan fingerprint density at radius 2 is 1.97 bits per heavy atom. The SMILES string of the molecule is CN=C(NCCNC(=O)Cc1cccc(F)c1)NC(C)Cc1c(C)nn(C)c1C.I. The standard InChI is InChI=1S/C21H31FN6O.HI/c1-14(11-19-15(2)27-28(5)16(19)3)26-21(23-4)25-10-9-24-20(29)13-17-7-6-8-18(22)12-17;/h6-8,12,14H,9-11,13H2,1-5H3,(H,24,29)(H2,23,25,26);1H. The molecule has 1 unspecified atom stereocenters. The van der Waals surface area contributed by atoms with Gasteiger partial charge in [-0.1, -0.05) is 12.1 Å². The molecule has 0 aliphatic carbocycles. The quantitative estimate of drug-likeness (QED) is 0.212. The number of aryl methyl sites for hydroxylation is 2. The predicted molar refractivity (Wildman–Crippen MR) is 129 cm³/mol. The third kappa shape index (κ3) is 7.92. The molecule has 1 amide bonds. The molecule has 166 valence electrons. The third-order valence-corrected chi connectivity index (χ3v) is 4.77. The molecule has 0 saturated carbocycles. The van der Waals surface area contributed by atoms with E-state index in [9.17, 15) is 9.18 Å². The van der Waals surface area contributed by atoms with Gasteiger partial charge in [0.2, 0.25) is 5.91 Å². The van der Waals surface area contributed by atoms with Crippen molar-refractivity contribution in [3.05, 3.63) is 52.6 Å². The van der Waals surface area contributed by atoms with Crippen LogP contribution in [0.4, 0.5) is 4.39 Å². The minimum atomic E-state index is -0.336. The normalized spacial score (nSPS) is 12.1. The Morgan fingerprint density at radius 3 is 2.57 bits per heavy atom. The fourth-order valence-electron chi connectivity index (χ4n) is 3.18. The van der Waals surface area contributed by atoms with Gasteiger partial charge >= 0.3 is 0 Å². The molecular weight excluding hydrogens is 498 g/mol. The number of halogens is 2. The molecule has 0 spiro atoms. The maximum atomic E-state index is 13.2. The highest BCUT2D eigenvalue weighted by atomic mass is 127. The largest absolute Gasteiger partial charge is 0.355 e. The fourth-order valence-corrected chi connectivity index (χ4v) is 3.18. The summed E-state index contributed by atoms with van der Waals surface area (Å²) in [5.41, 5.74) is 4.11. The molecule has 1 heterocycles. The number of guanidine groups is 1. The van der Waals surface area contributed by atoms with E-state index in [1.807, 2.05) is 18.7 Å². The molecule has 0 aliphatic heterocycles. The summed E-state index contributed by atoms with van der Waals surface area (Å²) in [6.45, 7) is 7.17. The first-order valence-electron chi connectivity index (χ1n) is 9.77. The van der Waals surface area contributed by atoms with E-state index in [2.05, 4.69) is 39.9 Å². The van der Waals surface area contributed by atoms with Crippen LogP contribution in [0.15, 0.2) is 29.3 Å². The Morgan fingerprint density at radius 1 is 1.27 bits per heavy atom. The first-order chi connectivity index (χ1) is 13.8. The second-order valence-corrected chi connectivity index (χ2v) is 7.18. The van der Waals surface area contributed by atoms with Crippen LogP contribution in [-0.4, -0.2) is 47.8 Å². The summed E-state index contributed by atoms with van der Waals surface area (Å²) in [4.78, 5) is 16.2. The van der Waals surface area contributed by atoms with E-state index >= 15 is 0 Å². The van der Waals surface area contributed by atoms with Gasteiger partial charge in [0.05, 0.1) is 12.1 Å². The van der Waals surface area contributed by atoms with Gasteiger partial charge in [-0.15, -0.1) is 24.0 Å². The minimum Gasteiger partial charge on any atom is -0.355 e. The van der Waals surface area contributed by atoms with Gasteiger partial charge in [0.1, 0.15) is 5.82 Å². The van der Waals surface area contributed by atoms with Crippen molar-refractivity contribution in [3.8, 4) is 0 Å². The van der Waals surface area contributed by atoms with Crippen LogP contribution in [0.3, 0.4) is 0 Å². The average Bonchev–Trinajstić information content (AvgIpc) is 2.90. The Hall–Kier alpha value is -2.17. The van der Waals surface area contributed by atoms with Gasteiger partial charge in [0.15, 0.2) is 5.96 Å². The zero-order valence-corrected chi connectivity index (χ0v) is 20.6. The lowest BCUT2D eigenvalue weighted by Crippen LogP contribution is -2.45. The Labute approximate surface area is 194 Å². The van der Waals surface area contributed by atoms with Crippen molar-refractivity contribution in [1.29, 1.82) is 0 Å². The molecular formula is C21H32FIN6O. The second kappa shape index (κ2) is 12.5. The van der Waals surface area contributed by atoms with Crippen molar-refractivity contribution >= 4 is 35.8 Å². The molecule has 7 nitrogen and oxygen atoms in total. The molecule has 0 saturated heterocycles. The smallest absolute Gasteiger partial charge is 0.224 e. The topological polar surface area (TPSA) is 83.3 Å². The lowest BCUT2D eigenvalue weighted by atomic mass is 10.1. The number of amides is 1. The summed E-state index contributed by atoms with van der Waals surface area (Å²) in [6, 6.07) is 6.24. The number of nitrogens with one attached hydrogen (secondary N) is 3. The summed E-state index contributed by atoms with van der Waals surface area (Å²) in [5.74, 6) is 0.199. The molecule has 2 rings (SSSR count). The number of carbonyl (C=O) groups excluding carboxylic acids is 1. The molecule has 0 bridgehead atoms. The Kier molecular flexibility index (Phi) is 10.8. The summed E-state index contributed by atoms with van der Waals surface area (Å²) in [6.07, 6.45) is 1.00. The van der Waals surface area contributed by atoms with Crippen molar-refractivity contribution in [2.24, 2.45) is 12.0 Å². The molecule has 1 aromatic carbocycles. The van der Waals surface area contributed by atoms with Gasteiger partial charge in [-0.3, -0.25) is 14.5 Å². The first-order valence-corrected chi connectivity index (χ1v) is 9.77. The number of hydrogen-bond donors (Lipinski definition) is 3. The van der Waals surface area contributed by atoms with Crippen LogP contribution in [0.1, 0.15) is 29.4 Å². The number of aliphatic imine (C=N–C) groups is 1. The molecule has 1 atom stereocenters. The summed E-state index contributed by atoms with van der Waals surface area (Å²) < 4.78 is 15.1. The van der Waals surface area contributed by atoms with Crippen LogP contribution < -0.4 is 16.0 Å². The van der Waals surface area contributed by atoms with Gasteiger partial charge in [-0.25, -0.2) is 4.39 Å². The predicted octanol–water partition coefficient (Wildman–Crippen LogP) is 2.25. The molecule has 30 heavy (non-hydrogen) atoms. The highest BCUT2D eigenvalue weighted by Gasteiger charge is 2.14. The lowest BCUT2D eigenvalue weighted by molar-refractivity contribution is -0.120. The van der Waals surface area contributed by atoms with Crippen molar-refractivity contribution in [1.82, 2.24) is 25.7 Å². The molecule has 0 fully saturated rings. The number of aromatic nitrogens is 2. The van der Waals surface area contributed by atoms with E-state index in [4.69, 9.17) is 0 Å². The van der Waals surface area contributed by atoms with E-state index in [1.54, 1.807) is 19.2 Å². The van der Waals surface area contributed by atoms with Crippen LogP contribution in [0.25, 0.3) is 0 Å². The highest BCUT2D eigenvalue weighted by molar-refractivity contribution is 14.0. The number of rotatable bonds is 8. The summed E-state index contributed by atoms with van der Waals surface area (Å²) >= 11 is 0. The molecule has 3 N–H and O–H groups in total. The molecule has 0 radical (unpaired) electrons. The Balaban J connectivity index is 0.00000450. The third-order valence-electron chi connectivity index (χ3n) is 4.77. The molecule has 2 aromatic rings. The van der Waals surface area contributed by atoms with Crippen LogP contribution in [0.5, 0.6) is 0 Å². The minimum absolute atomic E-state index is 0. The van der Waals surface area contributed by atoms with E-state index in [1.165, 1.54) is 23.4 Å². The van der Waals surface area contributed by atoms with Gasteiger partial charge in [0, 0.05) is 38.9 Å². The van der Waals surface area contributed by atoms with Crippen molar-refractivity contribution in [3.63, 3.8) is 0 Å². The summed E-state index contributed by atoms with van der Waals surface area (Å²) in [7, 11) is 3.66. The van der Waals surface area contributed by atoms with Crippen LogP contribution in [-0.2, 0) is 24.7 Å². The molecule has 1 aromatic heterocycles. The number of hydrogen-bond acceptors (Lipinski definition) is 3. The molecule has 0 aliphatic rings. The fraction of sp³-hybridized carbons (Fsp3) is 0.476. The van der Waals surface area contributed by atoms with E-state index < -0.39 is 0 Å². The summed E-state index contributed by atoms with van der Waals surface area (Å²) in [5, 5.41) is 13.8. The van der Waals surface area contributed by atoms with E-state index in [-0.39, 0.29) is 48.2 Å². The van der Waals surface area contributed by atoms with Crippen LogP contribution in [0, 0.1) is 19.7 Å². The number of nitrogens with zero attached hydrogens (tertiary/aromatic N) is 3. The zero-order chi connectivity index (χ0) is 21.4. The van der Waals surface area contributed by atoms with Gasteiger partial charge < -0.3 is 16.0 Å². The van der Waals surface area contributed by atoms with E-state index in [0.29, 0.717) is 24.6 Å². The Bertz CT molecular complexity index is 867. The first kappa shape index (κ1) is 25.9. The van der Waals surface area contributed by atoms with Gasteiger partial charge in [-0.05, 0) is 50.5 Å². The zero-order valence-electron chi connectivity index (χ0n) is 18.3. The lowest BCUT2D eigenvalue weighted by Gasteiger charge is -2.18. The number of benzene rings is 1. The molecule has 9 heteroatoms. The van der Waals surface area contributed by atoms with Gasteiger partial charge in [-0.2, -0.15) is 5.10 Å². The number of carbonyl (C=O) groups is 1. The van der Waals surface area contributed by atoms with Crippen molar-refractivity contribution < 1.29 is 9.18 Å². The van der Waals surface area contributed by atoms with E-state index in [0.717, 1.165) is 12.1 Å². The monoisotopic (exact) mass is 530 g/mol. The highest BCUT2D eigenvalue weighted by Crippen LogP contribution is 2.14. The van der Waals surface area contributed by atoms with Crippen molar-refractivity contribution in [2.75, 3.05) is 20.1 Å². The van der Waals surface area contributed by atoms with Crippen molar-refractivity contribution in [2.45, 2.75) is 39.7 Å². The maximum absolute atomic E-state index is 13.2. The average molecular weight is 530 g/mol. The maximum Gasteiger partial charge on any atom is 0.224 e. The van der Waals surface area contributed by atoms with Crippen LogP contribution >= 0.6 is 24.0 Å². The second-order valence-electron chi connectivity index (χ2n) is 7.18.